The van der Waals surface area contributed by atoms with Crippen LogP contribution in [0.2, 0.25) is 0 Å². The van der Waals surface area contributed by atoms with Crippen LogP contribution in [0.3, 0.4) is 0 Å². The Hall–Kier alpha value is -1.06. The van der Waals surface area contributed by atoms with Crippen LogP contribution in [-0.2, 0) is 6.54 Å². The van der Waals surface area contributed by atoms with E-state index in [1.807, 2.05) is 0 Å². The van der Waals surface area contributed by atoms with E-state index in [0.717, 1.165) is 26.2 Å². The normalized spacial score (nSPS) is 10.6. The van der Waals surface area contributed by atoms with E-state index < -0.39 is 0 Å². The lowest BCUT2D eigenvalue weighted by Crippen LogP contribution is -2.22. The zero-order chi connectivity index (χ0) is 13.2. The van der Waals surface area contributed by atoms with Crippen molar-refractivity contribution in [2.75, 3.05) is 38.6 Å². The summed E-state index contributed by atoms with van der Waals surface area (Å²) in [6, 6.07) is 8.72. The SMILES string of the molecule is CCCNCCCNCc1ccc(N(C)C)cc1. The molecule has 1 rings (SSSR count). The largest absolute Gasteiger partial charge is 0.378 e. The Morgan fingerprint density at radius 3 is 2.22 bits per heavy atom. The van der Waals surface area contributed by atoms with Crippen LogP contribution in [0.25, 0.3) is 0 Å². The van der Waals surface area contributed by atoms with Gasteiger partial charge in [-0.2, -0.15) is 0 Å². The first-order chi connectivity index (χ1) is 8.74. The van der Waals surface area contributed by atoms with Gasteiger partial charge < -0.3 is 15.5 Å². The Balaban J connectivity index is 2.12. The second-order valence-corrected chi connectivity index (χ2v) is 4.84. The monoisotopic (exact) mass is 249 g/mol. The third-order valence-corrected chi connectivity index (χ3v) is 2.92. The number of anilines is 1. The highest BCUT2D eigenvalue weighted by Gasteiger charge is 1.96. The summed E-state index contributed by atoms with van der Waals surface area (Å²) in [7, 11) is 4.13. The summed E-state index contributed by atoms with van der Waals surface area (Å²) in [5.74, 6) is 0. The molecular formula is C15H27N3. The topological polar surface area (TPSA) is 27.3 Å². The fourth-order valence-electron chi connectivity index (χ4n) is 1.78. The van der Waals surface area contributed by atoms with Crippen LogP contribution in [0.5, 0.6) is 0 Å². The van der Waals surface area contributed by atoms with E-state index in [1.165, 1.54) is 24.1 Å². The van der Waals surface area contributed by atoms with E-state index in [2.05, 4.69) is 60.8 Å². The molecule has 1 aromatic rings. The van der Waals surface area contributed by atoms with Gasteiger partial charge in [-0.3, -0.25) is 0 Å². The smallest absolute Gasteiger partial charge is 0.0361 e. The fraction of sp³-hybridized carbons (Fsp3) is 0.600. The molecule has 1 aromatic carbocycles. The molecule has 0 bridgehead atoms. The van der Waals surface area contributed by atoms with Gasteiger partial charge in [0.05, 0.1) is 0 Å². The van der Waals surface area contributed by atoms with Crippen molar-refractivity contribution in [3.63, 3.8) is 0 Å². The van der Waals surface area contributed by atoms with Crippen molar-refractivity contribution in [2.24, 2.45) is 0 Å². The molecule has 0 heterocycles. The fourth-order valence-corrected chi connectivity index (χ4v) is 1.78. The molecule has 0 aliphatic carbocycles. The van der Waals surface area contributed by atoms with Crippen molar-refractivity contribution >= 4 is 5.69 Å². The highest BCUT2D eigenvalue weighted by molar-refractivity contribution is 5.45. The van der Waals surface area contributed by atoms with Crippen LogP contribution >= 0.6 is 0 Å². The number of nitrogens with one attached hydrogen (secondary N) is 2. The summed E-state index contributed by atoms with van der Waals surface area (Å²) in [5.41, 5.74) is 2.60. The van der Waals surface area contributed by atoms with Crippen molar-refractivity contribution < 1.29 is 0 Å². The molecule has 2 N–H and O–H groups in total. The number of rotatable bonds is 9. The molecule has 102 valence electrons. The second-order valence-electron chi connectivity index (χ2n) is 4.84. The van der Waals surface area contributed by atoms with Gasteiger partial charge in [0, 0.05) is 26.3 Å². The average Bonchev–Trinajstić information content (AvgIpc) is 2.38. The van der Waals surface area contributed by atoms with Crippen molar-refractivity contribution in [1.29, 1.82) is 0 Å². The minimum atomic E-state index is 0.960. The van der Waals surface area contributed by atoms with Crippen LogP contribution in [0, 0.1) is 0 Å². The molecule has 0 radical (unpaired) electrons. The van der Waals surface area contributed by atoms with E-state index in [-0.39, 0.29) is 0 Å². The van der Waals surface area contributed by atoms with Crippen molar-refractivity contribution in [3.8, 4) is 0 Å². The lowest BCUT2D eigenvalue weighted by atomic mass is 10.2. The highest BCUT2D eigenvalue weighted by Crippen LogP contribution is 2.11. The number of benzene rings is 1. The predicted octanol–water partition coefficient (Wildman–Crippen LogP) is 2.23. The van der Waals surface area contributed by atoms with Crippen LogP contribution < -0.4 is 15.5 Å². The van der Waals surface area contributed by atoms with Gasteiger partial charge in [-0.25, -0.2) is 0 Å². The summed E-state index contributed by atoms with van der Waals surface area (Å²) >= 11 is 0. The molecule has 0 aliphatic rings. The molecule has 3 nitrogen and oxygen atoms in total. The van der Waals surface area contributed by atoms with Gasteiger partial charge in [-0.15, -0.1) is 0 Å². The van der Waals surface area contributed by atoms with Gasteiger partial charge in [-0.05, 0) is 50.2 Å². The molecule has 18 heavy (non-hydrogen) atoms. The minimum absolute atomic E-state index is 0.960. The van der Waals surface area contributed by atoms with E-state index in [4.69, 9.17) is 0 Å². The Morgan fingerprint density at radius 1 is 0.944 bits per heavy atom. The van der Waals surface area contributed by atoms with E-state index in [9.17, 15) is 0 Å². The molecule has 0 atom stereocenters. The van der Waals surface area contributed by atoms with E-state index in [0.29, 0.717) is 0 Å². The third-order valence-electron chi connectivity index (χ3n) is 2.92. The molecule has 0 saturated carbocycles. The average molecular weight is 249 g/mol. The van der Waals surface area contributed by atoms with Crippen molar-refractivity contribution in [3.05, 3.63) is 29.8 Å². The summed E-state index contributed by atoms with van der Waals surface area (Å²) in [6.07, 6.45) is 2.40. The van der Waals surface area contributed by atoms with Crippen LogP contribution in [0.15, 0.2) is 24.3 Å². The first-order valence-electron chi connectivity index (χ1n) is 6.91. The predicted molar refractivity (Wildman–Crippen MR) is 80.3 cm³/mol. The Kier molecular flexibility index (Phi) is 7.46. The van der Waals surface area contributed by atoms with E-state index >= 15 is 0 Å². The second kappa shape index (κ2) is 8.95. The highest BCUT2D eigenvalue weighted by atomic mass is 15.1. The van der Waals surface area contributed by atoms with Crippen molar-refractivity contribution in [1.82, 2.24) is 10.6 Å². The molecule has 0 saturated heterocycles. The van der Waals surface area contributed by atoms with Crippen LogP contribution in [0.1, 0.15) is 25.3 Å². The van der Waals surface area contributed by atoms with Crippen LogP contribution in [0.4, 0.5) is 5.69 Å². The Labute approximate surface area is 112 Å². The Bertz CT molecular complexity index is 306. The molecule has 0 aliphatic heterocycles. The third kappa shape index (κ3) is 6.03. The zero-order valence-electron chi connectivity index (χ0n) is 12.0. The summed E-state index contributed by atoms with van der Waals surface area (Å²) in [6.45, 7) is 6.47. The van der Waals surface area contributed by atoms with Gasteiger partial charge in [0.1, 0.15) is 0 Å². The lowest BCUT2D eigenvalue weighted by Gasteiger charge is -2.13. The number of nitrogens with zero attached hydrogens (tertiary/aromatic N) is 1. The summed E-state index contributed by atoms with van der Waals surface area (Å²) in [4.78, 5) is 2.12. The molecule has 0 aromatic heterocycles. The summed E-state index contributed by atoms with van der Waals surface area (Å²) in [5, 5.41) is 6.88. The molecule has 0 unspecified atom stereocenters. The molecule has 3 heteroatoms. The first kappa shape index (κ1) is 15.0. The summed E-state index contributed by atoms with van der Waals surface area (Å²) < 4.78 is 0. The van der Waals surface area contributed by atoms with Gasteiger partial charge >= 0.3 is 0 Å². The maximum atomic E-state index is 3.47. The van der Waals surface area contributed by atoms with Crippen molar-refractivity contribution in [2.45, 2.75) is 26.3 Å². The molecule has 0 fully saturated rings. The van der Waals surface area contributed by atoms with Gasteiger partial charge in [-0.1, -0.05) is 19.1 Å². The maximum absolute atomic E-state index is 3.47. The van der Waals surface area contributed by atoms with Gasteiger partial charge in [0.15, 0.2) is 0 Å². The first-order valence-corrected chi connectivity index (χ1v) is 6.91. The number of hydrogen-bond donors (Lipinski definition) is 2. The number of hydrogen-bond acceptors (Lipinski definition) is 3. The zero-order valence-corrected chi connectivity index (χ0v) is 12.0. The maximum Gasteiger partial charge on any atom is 0.0361 e. The standard InChI is InChI=1S/C15H27N3/c1-4-10-16-11-5-12-17-13-14-6-8-15(9-7-14)18(2)3/h6-9,16-17H,4-5,10-13H2,1-3H3. The molecule has 0 amide bonds. The van der Waals surface area contributed by atoms with Gasteiger partial charge in [0.2, 0.25) is 0 Å². The van der Waals surface area contributed by atoms with Gasteiger partial charge in [0.25, 0.3) is 0 Å². The lowest BCUT2D eigenvalue weighted by molar-refractivity contribution is 0.592. The van der Waals surface area contributed by atoms with Crippen LogP contribution in [-0.4, -0.2) is 33.7 Å². The van der Waals surface area contributed by atoms with E-state index in [1.54, 1.807) is 0 Å². The Morgan fingerprint density at radius 2 is 1.61 bits per heavy atom. The quantitative estimate of drug-likeness (QED) is 0.657. The minimum Gasteiger partial charge on any atom is -0.378 e. The molecular weight excluding hydrogens is 222 g/mol. The molecule has 0 spiro atoms.